The molecule has 26 heavy (non-hydrogen) atoms. The minimum Gasteiger partial charge on any atom is -0.456 e. The highest BCUT2D eigenvalue weighted by Crippen LogP contribution is 2.12. The number of nitrogens with one attached hydrogen (secondary N) is 1. The van der Waals surface area contributed by atoms with Crippen molar-refractivity contribution in [2.45, 2.75) is 13.5 Å². The molecule has 2 heterocycles. The van der Waals surface area contributed by atoms with Gasteiger partial charge in [-0.1, -0.05) is 30.3 Å². The second-order valence-electron chi connectivity index (χ2n) is 5.94. The highest BCUT2D eigenvalue weighted by molar-refractivity contribution is 6.02. The highest BCUT2D eigenvalue weighted by atomic mass is 16.3. The molecule has 0 saturated carbocycles. The lowest BCUT2D eigenvalue weighted by Gasteiger charge is -2.17. The maximum atomic E-state index is 12.5. The lowest BCUT2D eigenvalue weighted by atomic mass is 10.2. The first-order valence-electron chi connectivity index (χ1n) is 8.16. The Morgan fingerprint density at radius 3 is 2.46 bits per heavy atom. The number of aromatic nitrogens is 1. The standard InChI is InChI=1S/C20H19N3O3/c1-14-8-10-17(26-14)19(24)22-18-11-9-16(12-21-18)20(25)23(2)13-15-6-4-3-5-7-15/h3-12H,13H2,1-2H3,(H,21,22,24). The molecule has 0 radical (unpaired) electrons. The summed E-state index contributed by atoms with van der Waals surface area (Å²) in [5, 5.41) is 2.64. The van der Waals surface area contributed by atoms with Crippen molar-refractivity contribution in [2.75, 3.05) is 12.4 Å². The molecular weight excluding hydrogens is 330 g/mol. The molecular formula is C20H19N3O3. The van der Waals surface area contributed by atoms with E-state index in [1.54, 1.807) is 43.1 Å². The van der Waals surface area contributed by atoms with Gasteiger partial charge in [0.05, 0.1) is 5.56 Å². The van der Waals surface area contributed by atoms with Gasteiger partial charge in [0.1, 0.15) is 11.6 Å². The topological polar surface area (TPSA) is 75.4 Å². The fourth-order valence-corrected chi connectivity index (χ4v) is 2.48. The molecule has 3 rings (SSSR count). The van der Waals surface area contributed by atoms with Crippen LogP contribution in [0.1, 0.15) is 32.2 Å². The van der Waals surface area contributed by atoms with Gasteiger partial charge in [-0.15, -0.1) is 0 Å². The number of aryl methyl sites for hydroxylation is 1. The van der Waals surface area contributed by atoms with E-state index in [4.69, 9.17) is 4.42 Å². The highest BCUT2D eigenvalue weighted by Gasteiger charge is 2.14. The molecule has 0 aliphatic carbocycles. The molecule has 1 aromatic carbocycles. The molecule has 0 atom stereocenters. The summed E-state index contributed by atoms with van der Waals surface area (Å²) in [6, 6.07) is 16.3. The van der Waals surface area contributed by atoms with Crippen LogP contribution in [0.4, 0.5) is 5.82 Å². The summed E-state index contributed by atoms with van der Waals surface area (Å²) < 4.78 is 5.27. The van der Waals surface area contributed by atoms with Crippen molar-refractivity contribution in [3.63, 3.8) is 0 Å². The van der Waals surface area contributed by atoms with Crippen molar-refractivity contribution < 1.29 is 14.0 Å². The van der Waals surface area contributed by atoms with E-state index in [0.29, 0.717) is 23.7 Å². The fraction of sp³-hybridized carbons (Fsp3) is 0.150. The number of hydrogen-bond acceptors (Lipinski definition) is 4. The Hall–Kier alpha value is -3.41. The van der Waals surface area contributed by atoms with Gasteiger partial charge in [0, 0.05) is 19.8 Å². The molecule has 1 N–H and O–H groups in total. The van der Waals surface area contributed by atoms with Gasteiger partial charge in [-0.25, -0.2) is 4.98 Å². The van der Waals surface area contributed by atoms with E-state index in [9.17, 15) is 9.59 Å². The van der Waals surface area contributed by atoms with Crippen LogP contribution in [0.3, 0.4) is 0 Å². The molecule has 6 nitrogen and oxygen atoms in total. The van der Waals surface area contributed by atoms with E-state index in [1.165, 1.54) is 6.20 Å². The van der Waals surface area contributed by atoms with Gasteiger partial charge in [0.15, 0.2) is 5.76 Å². The summed E-state index contributed by atoms with van der Waals surface area (Å²) in [6.45, 7) is 2.28. The number of carbonyl (C=O) groups excluding carboxylic acids is 2. The summed E-state index contributed by atoms with van der Waals surface area (Å²) in [7, 11) is 1.74. The normalized spacial score (nSPS) is 10.4. The fourth-order valence-electron chi connectivity index (χ4n) is 2.48. The monoisotopic (exact) mass is 349 g/mol. The summed E-state index contributed by atoms with van der Waals surface area (Å²) in [4.78, 5) is 30.3. The Balaban J connectivity index is 1.63. The minimum atomic E-state index is -0.383. The second-order valence-corrected chi connectivity index (χ2v) is 5.94. The first-order chi connectivity index (χ1) is 12.5. The lowest BCUT2D eigenvalue weighted by molar-refractivity contribution is 0.0784. The smallest absolute Gasteiger partial charge is 0.292 e. The van der Waals surface area contributed by atoms with Crippen molar-refractivity contribution in [1.29, 1.82) is 0 Å². The van der Waals surface area contributed by atoms with Gasteiger partial charge in [0.2, 0.25) is 0 Å². The molecule has 0 bridgehead atoms. The number of nitrogens with zero attached hydrogens (tertiary/aromatic N) is 2. The van der Waals surface area contributed by atoms with Crippen molar-refractivity contribution >= 4 is 17.6 Å². The Morgan fingerprint density at radius 2 is 1.85 bits per heavy atom. The Bertz CT molecular complexity index is 902. The molecule has 6 heteroatoms. The van der Waals surface area contributed by atoms with Crippen molar-refractivity contribution in [3.05, 3.63) is 83.4 Å². The SMILES string of the molecule is Cc1ccc(C(=O)Nc2ccc(C(=O)N(C)Cc3ccccc3)cn2)o1. The van der Waals surface area contributed by atoms with Crippen LogP contribution in [-0.2, 0) is 6.54 Å². The van der Waals surface area contributed by atoms with Gasteiger partial charge in [-0.2, -0.15) is 0 Å². The zero-order valence-corrected chi connectivity index (χ0v) is 14.6. The Labute approximate surface area is 151 Å². The van der Waals surface area contributed by atoms with E-state index >= 15 is 0 Å². The Morgan fingerprint density at radius 1 is 1.08 bits per heavy atom. The summed E-state index contributed by atoms with van der Waals surface area (Å²) in [5.41, 5.74) is 1.50. The first-order valence-corrected chi connectivity index (χ1v) is 8.16. The van der Waals surface area contributed by atoms with Crippen molar-refractivity contribution in [1.82, 2.24) is 9.88 Å². The molecule has 0 saturated heterocycles. The summed E-state index contributed by atoms with van der Waals surface area (Å²) in [5.74, 6) is 0.704. The molecule has 0 aliphatic rings. The third-order valence-electron chi connectivity index (χ3n) is 3.83. The van der Waals surface area contributed by atoms with E-state index in [2.05, 4.69) is 10.3 Å². The molecule has 2 amide bonds. The van der Waals surface area contributed by atoms with E-state index in [1.807, 2.05) is 30.3 Å². The van der Waals surface area contributed by atoms with E-state index < -0.39 is 0 Å². The molecule has 0 fully saturated rings. The van der Waals surface area contributed by atoms with Crippen LogP contribution in [0.5, 0.6) is 0 Å². The number of anilines is 1. The molecule has 2 aromatic heterocycles. The predicted octanol–water partition coefficient (Wildman–Crippen LogP) is 3.51. The number of benzene rings is 1. The quantitative estimate of drug-likeness (QED) is 0.765. The zero-order valence-electron chi connectivity index (χ0n) is 14.6. The third-order valence-corrected chi connectivity index (χ3v) is 3.83. The number of rotatable bonds is 5. The van der Waals surface area contributed by atoms with Crippen LogP contribution in [0.15, 0.2) is 65.2 Å². The van der Waals surface area contributed by atoms with Gasteiger partial charge in [0.25, 0.3) is 11.8 Å². The van der Waals surface area contributed by atoms with Crippen LogP contribution in [0, 0.1) is 6.92 Å². The maximum absolute atomic E-state index is 12.5. The van der Waals surface area contributed by atoms with Gasteiger partial charge in [-0.05, 0) is 36.8 Å². The van der Waals surface area contributed by atoms with Crippen LogP contribution in [0.2, 0.25) is 0 Å². The maximum Gasteiger partial charge on any atom is 0.292 e. The van der Waals surface area contributed by atoms with Gasteiger partial charge < -0.3 is 14.6 Å². The number of amides is 2. The lowest BCUT2D eigenvalue weighted by Crippen LogP contribution is -2.26. The van der Waals surface area contributed by atoms with Gasteiger partial charge in [-0.3, -0.25) is 9.59 Å². The summed E-state index contributed by atoms with van der Waals surface area (Å²) >= 11 is 0. The second kappa shape index (κ2) is 7.65. The van der Waals surface area contributed by atoms with Crippen LogP contribution in [-0.4, -0.2) is 28.7 Å². The van der Waals surface area contributed by atoms with Crippen LogP contribution in [0.25, 0.3) is 0 Å². The summed E-state index contributed by atoms with van der Waals surface area (Å²) in [6.07, 6.45) is 1.45. The van der Waals surface area contributed by atoms with Crippen LogP contribution >= 0.6 is 0 Å². The number of hydrogen-bond donors (Lipinski definition) is 1. The van der Waals surface area contributed by atoms with E-state index in [-0.39, 0.29) is 17.6 Å². The molecule has 0 spiro atoms. The minimum absolute atomic E-state index is 0.138. The predicted molar refractivity (Wildman–Crippen MR) is 97.9 cm³/mol. The number of furan rings is 1. The average Bonchev–Trinajstić information content (AvgIpc) is 3.09. The van der Waals surface area contributed by atoms with Gasteiger partial charge >= 0.3 is 0 Å². The molecule has 0 unspecified atom stereocenters. The van der Waals surface area contributed by atoms with Crippen LogP contribution < -0.4 is 5.32 Å². The first kappa shape index (κ1) is 17.4. The third kappa shape index (κ3) is 4.16. The average molecular weight is 349 g/mol. The molecule has 0 aliphatic heterocycles. The van der Waals surface area contributed by atoms with E-state index in [0.717, 1.165) is 5.56 Å². The van der Waals surface area contributed by atoms with Crippen molar-refractivity contribution in [2.24, 2.45) is 0 Å². The number of carbonyl (C=O) groups is 2. The molecule has 3 aromatic rings. The number of pyridine rings is 1. The van der Waals surface area contributed by atoms with Crippen molar-refractivity contribution in [3.8, 4) is 0 Å². The Kier molecular flexibility index (Phi) is 5.12. The molecule has 132 valence electrons. The largest absolute Gasteiger partial charge is 0.456 e. The zero-order chi connectivity index (χ0) is 18.5.